The number of anilines is 1. The minimum atomic E-state index is -0.264. The molecule has 2 saturated heterocycles. The predicted octanol–water partition coefficient (Wildman–Crippen LogP) is 1.81. The molecule has 0 saturated carbocycles. The fourth-order valence-electron chi connectivity index (χ4n) is 5.44. The molecule has 10 heteroatoms. The van der Waals surface area contributed by atoms with E-state index in [1.54, 1.807) is 26.6 Å². The Kier molecular flexibility index (Phi) is 6.93. The van der Waals surface area contributed by atoms with E-state index in [0.717, 1.165) is 42.9 Å². The van der Waals surface area contributed by atoms with Crippen LogP contribution in [0.3, 0.4) is 0 Å². The Bertz CT molecular complexity index is 1130. The van der Waals surface area contributed by atoms with Gasteiger partial charge in [-0.05, 0) is 37.1 Å². The Morgan fingerprint density at radius 2 is 1.47 bits per heavy atom. The zero-order valence-corrected chi connectivity index (χ0v) is 20.8. The molecule has 5 rings (SSSR count). The summed E-state index contributed by atoms with van der Waals surface area (Å²) in [5.41, 5.74) is 3.26. The van der Waals surface area contributed by atoms with Crippen molar-refractivity contribution < 1.29 is 18.8 Å². The Hall–Kier alpha value is -3.43. The molecule has 0 bridgehead atoms. The van der Waals surface area contributed by atoms with Gasteiger partial charge in [0.05, 0.1) is 0 Å². The van der Waals surface area contributed by atoms with Crippen LogP contribution in [0.1, 0.15) is 47.4 Å². The topological polar surface area (TPSA) is 82.0 Å². The van der Waals surface area contributed by atoms with Gasteiger partial charge in [-0.3, -0.25) is 19.1 Å². The monoisotopic (exact) mass is 496 g/mol. The van der Waals surface area contributed by atoms with E-state index in [0.29, 0.717) is 51.4 Å². The van der Waals surface area contributed by atoms with Gasteiger partial charge in [0.25, 0.3) is 5.91 Å². The van der Waals surface area contributed by atoms with Crippen molar-refractivity contribution in [3.05, 3.63) is 47.0 Å². The van der Waals surface area contributed by atoms with Crippen molar-refractivity contribution in [2.45, 2.75) is 38.6 Å². The molecule has 2 fully saturated rings. The summed E-state index contributed by atoms with van der Waals surface area (Å²) < 4.78 is 14.9. The van der Waals surface area contributed by atoms with Gasteiger partial charge in [0.2, 0.25) is 11.8 Å². The standard InChI is InChI=1S/C26H33FN6O3/c1-29-22-10-13-33(18-21(22)25(28-29)26(36)32-11-2-3-12-32)24(35)9-8-23(34)31-16-14-30(15-17-31)20-6-4-19(27)5-7-20/h4-7H,2-3,8-18H2,1H3. The number of amides is 3. The lowest BCUT2D eigenvalue weighted by Gasteiger charge is -2.36. The number of carbonyl (C=O) groups excluding carboxylic acids is 3. The molecule has 0 spiro atoms. The zero-order chi connectivity index (χ0) is 25.2. The van der Waals surface area contributed by atoms with E-state index >= 15 is 0 Å². The molecule has 0 N–H and O–H groups in total. The Balaban J connectivity index is 1.13. The number of carbonyl (C=O) groups is 3. The summed E-state index contributed by atoms with van der Waals surface area (Å²) in [7, 11) is 1.85. The average molecular weight is 497 g/mol. The van der Waals surface area contributed by atoms with Crippen LogP contribution in [-0.2, 0) is 29.6 Å². The van der Waals surface area contributed by atoms with Crippen LogP contribution in [0.2, 0.25) is 0 Å². The maximum Gasteiger partial charge on any atom is 0.274 e. The number of piperazine rings is 1. The van der Waals surface area contributed by atoms with Gasteiger partial charge in [-0.15, -0.1) is 0 Å². The number of rotatable bonds is 5. The molecule has 0 radical (unpaired) electrons. The summed E-state index contributed by atoms with van der Waals surface area (Å²) in [6.45, 7) is 4.95. The molecule has 9 nitrogen and oxygen atoms in total. The van der Waals surface area contributed by atoms with Crippen LogP contribution in [0.25, 0.3) is 0 Å². The second kappa shape index (κ2) is 10.3. The molecule has 192 valence electrons. The molecule has 3 amide bonds. The van der Waals surface area contributed by atoms with Gasteiger partial charge in [-0.25, -0.2) is 4.39 Å². The predicted molar refractivity (Wildman–Crippen MR) is 132 cm³/mol. The summed E-state index contributed by atoms with van der Waals surface area (Å²) in [5.74, 6) is -0.401. The highest BCUT2D eigenvalue weighted by atomic mass is 19.1. The number of aryl methyl sites for hydroxylation is 1. The molecule has 1 aromatic carbocycles. The SMILES string of the molecule is Cn1nc(C(=O)N2CCCC2)c2c1CCN(C(=O)CCC(=O)N1CCN(c3ccc(F)cc3)CC1)C2. The third-order valence-electron chi connectivity index (χ3n) is 7.57. The minimum Gasteiger partial charge on any atom is -0.368 e. The quantitative estimate of drug-likeness (QED) is 0.631. The van der Waals surface area contributed by atoms with Crippen molar-refractivity contribution in [3.8, 4) is 0 Å². The first-order valence-electron chi connectivity index (χ1n) is 12.8. The van der Waals surface area contributed by atoms with Gasteiger partial charge >= 0.3 is 0 Å². The van der Waals surface area contributed by atoms with Gasteiger partial charge < -0.3 is 19.6 Å². The molecular formula is C26H33FN6O3. The van der Waals surface area contributed by atoms with Crippen LogP contribution in [0.15, 0.2) is 24.3 Å². The Labute approximate surface area is 210 Å². The summed E-state index contributed by atoms with van der Waals surface area (Å²) in [5, 5.41) is 4.50. The van der Waals surface area contributed by atoms with Crippen LogP contribution in [-0.4, -0.2) is 88.0 Å². The van der Waals surface area contributed by atoms with Crippen molar-refractivity contribution in [1.82, 2.24) is 24.5 Å². The van der Waals surface area contributed by atoms with Crippen molar-refractivity contribution in [3.63, 3.8) is 0 Å². The van der Waals surface area contributed by atoms with Crippen LogP contribution in [0.5, 0.6) is 0 Å². The van der Waals surface area contributed by atoms with E-state index in [-0.39, 0.29) is 36.4 Å². The minimum absolute atomic E-state index is 0.0221. The summed E-state index contributed by atoms with van der Waals surface area (Å²) in [6, 6.07) is 6.39. The summed E-state index contributed by atoms with van der Waals surface area (Å²) >= 11 is 0. The van der Waals surface area contributed by atoms with Crippen LogP contribution in [0, 0.1) is 5.82 Å². The van der Waals surface area contributed by atoms with Crippen LogP contribution < -0.4 is 4.90 Å². The number of likely N-dealkylation sites (tertiary alicyclic amines) is 1. The van der Waals surface area contributed by atoms with Gasteiger partial charge in [-0.1, -0.05) is 0 Å². The number of nitrogens with zero attached hydrogens (tertiary/aromatic N) is 6. The molecule has 2 aromatic rings. The smallest absolute Gasteiger partial charge is 0.274 e. The number of hydrogen-bond donors (Lipinski definition) is 0. The molecule has 36 heavy (non-hydrogen) atoms. The average Bonchev–Trinajstić information content (AvgIpc) is 3.56. The molecule has 0 unspecified atom stereocenters. The lowest BCUT2D eigenvalue weighted by Crippen LogP contribution is -2.49. The lowest BCUT2D eigenvalue weighted by atomic mass is 10.0. The van der Waals surface area contributed by atoms with E-state index in [1.807, 2.05) is 11.9 Å². The van der Waals surface area contributed by atoms with Crippen molar-refractivity contribution in [1.29, 1.82) is 0 Å². The highest BCUT2D eigenvalue weighted by Gasteiger charge is 2.32. The molecule has 0 aliphatic carbocycles. The molecule has 1 aromatic heterocycles. The van der Waals surface area contributed by atoms with Gasteiger partial charge in [0.15, 0.2) is 5.69 Å². The maximum atomic E-state index is 13.2. The van der Waals surface area contributed by atoms with Crippen molar-refractivity contribution in [2.24, 2.45) is 7.05 Å². The summed E-state index contributed by atoms with van der Waals surface area (Å²) in [6.07, 6.45) is 3.01. The normalized spacial score (nSPS) is 17.9. The maximum absolute atomic E-state index is 13.2. The summed E-state index contributed by atoms with van der Waals surface area (Å²) in [4.78, 5) is 46.3. The van der Waals surface area contributed by atoms with E-state index in [1.165, 1.54) is 12.1 Å². The van der Waals surface area contributed by atoms with Gasteiger partial charge in [0, 0.05) is 95.6 Å². The largest absolute Gasteiger partial charge is 0.368 e. The number of benzene rings is 1. The Morgan fingerprint density at radius 1 is 0.833 bits per heavy atom. The fourth-order valence-corrected chi connectivity index (χ4v) is 5.44. The van der Waals surface area contributed by atoms with E-state index in [2.05, 4.69) is 10.00 Å². The highest BCUT2D eigenvalue weighted by molar-refractivity contribution is 5.94. The van der Waals surface area contributed by atoms with E-state index < -0.39 is 0 Å². The molecular weight excluding hydrogens is 463 g/mol. The number of fused-ring (bicyclic) bond motifs is 1. The first-order chi connectivity index (χ1) is 17.4. The third kappa shape index (κ3) is 4.94. The molecule has 3 aliphatic heterocycles. The third-order valence-corrected chi connectivity index (χ3v) is 7.57. The van der Waals surface area contributed by atoms with Gasteiger partial charge in [0.1, 0.15) is 5.82 Å². The zero-order valence-electron chi connectivity index (χ0n) is 20.8. The molecule has 0 atom stereocenters. The Morgan fingerprint density at radius 3 is 2.14 bits per heavy atom. The van der Waals surface area contributed by atoms with E-state index in [4.69, 9.17) is 0 Å². The van der Waals surface area contributed by atoms with Crippen LogP contribution in [0.4, 0.5) is 10.1 Å². The van der Waals surface area contributed by atoms with Crippen LogP contribution >= 0.6 is 0 Å². The highest BCUT2D eigenvalue weighted by Crippen LogP contribution is 2.25. The fraction of sp³-hybridized carbons (Fsp3) is 0.538. The van der Waals surface area contributed by atoms with Crippen molar-refractivity contribution >= 4 is 23.4 Å². The molecule has 3 aliphatic rings. The first kappa shape index (κ1) is 24.3. The number of aromatic nitrogens is 2. The number of halogens is 1. The number of hydrogen-bond acceptors (Lipinski definition) is 5. The van der Waals surface area contributed by atoms with Gasteiger partial charge in [-0.2, -0.15) is 5.10 Å². The van der Waals surface area contributed by atoms with Crippen molar-refractivity contribution in [2.75, 3.05) is 50.7 Å². The van der Waals surface area contributed by atoms with E-state index in [9.17, 15) is 18.8 Å². The lowest BCUT2D eigenvalue weighted by molar-refractivity contribution is -0.137. The first-order valence-corrected chi connectivity index (χ1v) is 12.8. The second-order valence-electron chi connectivity index (χ2n) is 9.81. The second-order valence-corrected chi connectivity index (χ2v) is 9.81. The molecule has 4 heterocycles.